The Hall–Kier alpha value is -1.64. The van der Waals surface area contributed by atoms with Crippen LogP contribution in [-0.4, -0.2) is 26.1 Å². The van der Waals surface area contributed by atoms with Crippen LogP contribution in [0.3, 0.4) is 0 Å². The molecule has 0 heterocycles. The fourth-order valence-electron chi connectivity index (χ4n) is 2.20. The molecule has 0 aliphatic rings. The first kappa shape index (κ1) is 21.7. The van der Waals surface area contributed by atoms with E-state index in [1.165, 1.54) is 7.11 Å². The van der Waals surface area contributed by atoms with Gasteiger partial charge in [0.05, 0.1) is 17.2 Å². The zero-order chi connectivity index (χ0) is 19.5. The van der Waals surface area contributed by atoms with Crippen molar-refractivity contribution in [3.05, 3.63) is 58.1 Å². The van der Waals surface area contributed by atoms with Gasteiger partial charge in [-0.3, -0.25) is 4.79 Å². The summed E-state index contributed by atoms with van der Waals surface area (Å²) >= 11 is 12.8. The van der Waals surface area contributed by atoms with Crippen LogP contribution in [0.4, 0.5) is 11.4 Å². The number of carbonyl (C=O) groups is 1. The Kier molecular flexibility index (Phi) is 9.58. The van der Waals surface area contributed by atoms with Gasteiger partial charge in [0.2, 0.25) is 5.91 Å². The molecule has 9 heteroatoms. The molecular weight excluding hydrogens is 409 g/mol. The number of anilines is 2. The SMILES string of the molecule is COOSNc1ccc(CCC(=O)NCCNc2ccc(Cl)c(Cl)c2)cc1. The third-order valence-electron chi connectivity index (χ3n) is 3.55. The van der Waals surface area contributed by atoms with Crippen molar-refractivity contribution in [2.75, 3.05) is 30.2 Å². The van der Waals surface area contributed by atoms with Crippen LogP contribution in [0.15, 0.2) is 42.5 Å². The largest absolute Gasteiger partial charge is 0.383 e. The van der Waals surface area contributed by atoms with Gasteiger partial charge >= 0.3 is 0 Å². The zero-order valence-electron chi connectivity index (χ0n) is 14.8. The lowest BCUT2D eigenvalue weighted by Gasteiger charge is -2.09. The molecule has 0 aliphatic carbocycles. The molecule has 27 heavy (non-hydrogen) atoms. The van der Waals surface area contributed by atoms with Gasteiger partial charge in [0.15, 0.2) is 0 Å². The third-order valence-corrected chi connectivity index (χ3v) is 4.81. The summed E-state index contributed by atoms with van der Waals surface area (Å²) in [5, 5.41) is 7.08. The molecule has 0 aliphatic heterocycles. The highest BCUT2D eigenvalue weighted by molar-refractivity contribution is 7.95. The molecule has 0 atom stereocenters. The molecule has 0 saturated heterocycles. The second kappa shape index (κ2) is 11.9. The number of hydrogen-bond donors (Lipinski definition) is 3. The number of amides is 1. The fraction of sp³-hybridized carbons (Fsp3) is 0.278. The third kappa shape index (κ3) is 8.28. The second-order valence-corrected chi connectivity index (χ2v) is 6.84. The summed E-state index contributed by atoms with van der Waals surface area (Å²) in [4.78, 5) is 16.4. The van der Waals surface area contributed by atoms with Crippen molar-refractivity contribution >= 4 is 52.7 Å². The summed E-state index contributed by atoms with van der Waals surface area (Å²) in [7, 11) is 1.44. The minimum absolute atomic E-state index is 0.0113. The maximum absolute atomic E-state index is 11.9. The highest BCUT2D eigenvalue weighted by Crippen LogP contribution is 2.24. The van der Waals surface area contributed by atoms with E-state index in [0.717, 1.165) is 29.2 Å². The monoisotopic (exact) mass is 429 g/mol. The van der Waals surface area contributed by atoms with E-state index in [1.807, 2.05) is 30.3 Å². The van der Waals surface area contributed by atoms with Gasteiger partial charge in [0.25, 0.3) is 0 Å². The van der Waals surface area contributed by atoms with E-state index in [4.69, 9.17) is 23.2 Å². The number of carbonyl (C=O) groups excluding carboxylic acids is 1. The Morgan fingerprint density at radius 3 is 2.48 bits per heavy atom. The van der Waals surface area contributed by atoms with Gasteiger partial charge in [-0.2, -0.15) is 0 Å². The molecule has 0 spiro atoms. The number of hydrogen-bond acceptors (Lipinski definition) is 6. The summed E-state index contributed by atoms with van der Waals surface area (Å²) in [6, 6.07) is 13.1. The number of halogens is 2. The summed E-state index contributed by atoms with van der Waals surface area (Å²) in [5.41, 5.74) is 2.84. The van der Waals surface area contributed by atoms with Crippen LogP contribution in [-0.2, 0) is 20.4 Å². The van der Waals surface area contributed by atoms with E-state index in [9.17, 15) is 4.79 Å². The predicted molar refractivity (Wildman–Crippen MR) is 112 cm³/mol. The van der Waals surface area contributed by atoms with Gasteiger partial charge in [0, 0.05) is 30.9 Å². The highest BCUT2D eigenvalue weighted by atomic mass is 35.5. The summed E-state index contributed by atoms with van der Waals surface area (Å²) < 4.78 is 7.63. The van der Waals surface area contributed by atoms with E-state index in [2.05, 4.69) is 24.6 Å². The molecule has 0 saturated carbocycles. The van der Waals surface area contributed by atoms with Crippen molar-refractivity contribution < 1.29 is 14.0 Å². The smallest absolute Gasteiger partial charge is 0.220 e. The lowest BCUT2D eigenvalue weighted by molar-refractivity contribution is -0.159. The Morgan fingerprint density at radius 2 is 1.78 bits per heavy atom. The van der Waals surface area contributed by atoms with Crippen molar-refractivity contribution in [2.24, 2.45) is 0 Å². The van der Waals surface area contributed by atoms with Crippen LogP contribution < -0.4 is 15.4 Å². The molecule has 2 aromatic rings. The summed E-state index contributed by atoms with van der Waals surface area (Å²) in [6.45, 7) is 1.13. The Morgan fingerprint density at radius 1 is 1.04 bits per heavy atom. The van der Waals surface area contributed by atoms with Gasteiger partial charge in [-0.15, -0.1) is 4.33 Å². The minimum Gasteiger partial charge on any atom is -0.383 e. The highest BCUT2D eigenvalue weighted by Gasteiger charge is 2.03. The van der Waals surface area contributed by atoms with E-state index in [1.54, 1.807) is 12.1 Å². The normalized spacial score (nSPS) is 10.5. The molecule has 0 aromatic heterocycles. The van der Waals surface area contributed by atoms with Gasteiger partial charge in [0.1, 0.15) is 12.2 Å². The van der Waals surface area contributed by atoms with Gasteiger partial charge in [-0.25, -0.2) is 4.89 Å². The van der Waals surface area contributed by atoms with E-state index in [-0.39, 0.29) is 5.91 Å². The summed E-state index contributed by atoms with van der Waals surface area (Å²) in [5.74, 6) is 0.0113. The molecule has 6 nitrogen and oxygen atoms in total. The molecule has 2 rings (SSSR count). The maximum atomic E-state index is 11.9. The molecular formula is C18H21Cl2N3O3S. The summed E-state index contributed by atoms with van der Waals surface area (Å²) in [6.07, 6.45) is 1.11. The van der Waals surface area contributed by atoms with Gasteiger partial charge in [-0.1, -0.05) is 35.3 Å². The first-order valence-corrected chi connectivity index (χ1v) is 9.75. The molecule has 1 amide bonds. The van der Waals surface area contributed by atoms with Crippen LogP contribution >= 0.6 is 35.4 Å². The van der Waals surface area contributed by atoms with Crippen molar-refractivity contribution in [3.8, 4) is 0 Å². The van der Waals surface area contributed by atoms with Crippen molar-refractivity contribution in [1.82, 2.24) is 5.32 Å². The van der Waals surface area contributed by atoms with Crippen LogP contribution in [0.25, 0.3) is 0 Å². The van der Waals surface area contributed by atoms with Crippen molar-refractivity contribution in [3.63, 3.8) is 0 Å². The average molecular weight is 430 g/mol. The van der Waals surface area contributed by atoms with Crippen molar-refractivity contribution in [2.45, 2.75) is 12.8 Å². The molecule has 0 fully saturated rings. The molecule has 2 aromatic carbocycles. The molecule has 0 bridgehead atoms. The van der Waals surface area contributed by atoms with E-state index in [0.29, 0.717) is 36.0 Å². The van der Waals surface area contributed by atoms with Crippen LogP contribution in [0.5, 0.6) is 0 Å². The Labute approximate surface area is 173 Å². The molecule has 3 N–H and O–H groups in total. The van der Waals surface area contributed by atoms with E-state index < -0.39 is 0 Å². The quantitative estimate of drug-likeness (QED) is 0.158. The lowest BCUT2D eigenvalue weighted by Crippen LogP contribution is -2.28. The number of benzene rings is 2. The van der Waals surface area contributed by atoms with Crippen LogP contribution in [0.1, 0.15) is 12.0 Å². The number of nitrogens with one attached hydrogen (secondary N) is 3. The minimum atomic E-state index is 0.0113. The van der Waals surface area contributed by atoms with Crippen molar-refractivity contribution in [1.29, 1.82) is 0 Å². The first-order chi connectivity index (χ1) is 13.1. The topological polar surface area (TPSA) is 71.6 Å². The first-order valence-electron chi connectivity index (χ1n) is 8.25. The average Bonchev–Trinajstić information content (AvgIpc) is 2.67. The molecule has 0 radical (unpaired) electrons. The Bertz CT molecular complexity index is 732. The maximum Gasteiger partial charge on any atom is 0.220 e. The Balaban J connectivity index is 1.62. The molecule has 0 unspecified atom stereocenters. The number of rotatable bonds is 11. The van der Waals surface area contributed by atoms with Gasteiger partial charge < -0.3 is 15.4 Å². The second-order valence-electron chi connectivity index (χ2n) is 5.52. The predicted octanol–water partition coefficient (Wildman–Crippen LogP) is 4.71. The van der Waals surface area contributed by atoms with E-state index >= 15 is 0 Å². The molecule has 146 valence electrons. The fourth-order valence-corrected chi connectivity index (χ4v) is 2.83. The number of aryl methyl sites for hydroxylation is 1. The lowest BCUT2D eigenvalue weighted by atomic mass is 10.1. The zero-order valence-corrected chi connectivity index (χ0v) is 17.1. The van der Waals surface area contributed by atoms with Crippen LogP contribution in [0.2, 0.25) is 10.0 Å². The van der Waals surface area contributed by atoms with Gasteiger partial charge in [-0.05, 0) is 42.3 Å². The standard InChI is InChI=1S/C18H21Cl2N3O3S/c1-25-26-27-23-14-5-2-13(3-6-14)4-9-18(24)22-11-10-21-15-7-8-16(19)17(20)12-15/h2-3,5-8,12,21,23H,4,9-11H2,1H3,(H,22,24). The van der Waals surface area contributed by atoms with Crippen LogP contribution in [0, 0.1) is 0 Å².